The molecule has 0 atom stereocenters. The van der Waals surface area contributed by atoms with Crippen LogP contribution in [0.2, 0.25) is 5.02 Å². The number of piperidine rings is 1. The first-order valence-electron chi connectivity index (χ1n) is 7.91. The highest BCUT2D eigenvalue weighted by Gasteiger charge is 2.32. The molecular formula is C15H18ClF3N6. The number of likely N-dealkylation sites (tertiary alicyclic amines) is 1. The molecule has 0 spiro atoms. The first-order valence-corrected chi connectivity index (χ1v) is 8.28. The molecule has 25 heavy (non-hydrogen) atoms. The van der Waals surface area contributed by atoms with E-state index in [-0.39, 0.29) is 23.0 Å². The van der Waals surface area contributed by atoms with Crippen molar-refractivity contribution in [2.24, 2.45) is 16.6 Å². The number of rotatable bonds is 2. The minimum atomic E-state index is -4.51. The lowest BCUT2D eigenvalue weighted by Crippen LogP contribution is -2.42. The fourth-order valence-electron chi connectivity index (χ4n) is 2.75. The summed E-state index contributed by atoms with van der Waals surface area (Å²) in [6, 6.07) is 0.835. The van der Waals surface area contributed by atoms with Crippen LogP contribution in [0.5, 0.6) is 0 Å². The number of nitrogens with zero attached hydrogens (tertiary/aromatic N) is 5. The lowest BCUT2D eigenvalue weighted by atomic mass is 10.00. The summed E-state index contributed by atoms with van der Waals surface area (Å²) in [5.41, 5.74) is 5.29. The number of hydrogen-bond donors (Lipinski definition) is 1. The second kappa shape index (κ2) is 6.70. The lowest BCUT2D eigenvalue weighted by Gasteiger charge is -2.30. The van der Waals surface area contributed by atoms with E-state index in [2.05, 4.69) is 22.1 Å². The van der Waals surface area contributed by atoms with Gasteiger partial charge in [0.25, 0.3) is 0 Å². The van der Waals surface area contributed by atoms with Crippen LogP contribution in [-0.2, 0) is 12.7 Å². The Kier molecular flexibility index (Phi) is 4.77. The predicted octanol–water partition coefficient (Wildman–Crippen LogP) is 2.95. The molecule has 1 aliphatic heterocycles. The highest BCUT2D eigenvalue weighted by Crippen LogP contribution is 2.32. The molecule has 1 saturated heterocycles. The second-order valence-corrected chi connectivity index (χ2v) is 6.64. The quantitative estimate of drug-likeness (QED) is 0.648. The van der Waals surface area contributed by atoms with Crippen LogP contribution in [0.4, 0.5) is 13.2 Å². The molecule has 3 rings (SSSR count). The molecule has 3 heterocycles. The van der Waals surface area contributed by atoms with Crippen molar-refractivity contribution in [3.63, 3.8) is 0 Å². The number of halogens is 4. The molecule has 0 amide bonds. The molecule has 0 unspecified atom stereocenters. The number of guanidine groups is 1. The Bertz CT molecular complexity index is 792. The van der Waals surface area contributed by atoms with Crippen molar-refractivity contribution in [1.82, 2.24) is 19.5 Å². The van der Waals surface area contributed by atoms with E-state index in [1.807, 2.05) is 4.90 Å². The van der Waals surface area contributed by atoms with Crippen molar-refractivity contribution in [3.8, 4) is 0 Å². The molecule has 2 aromatic heterocycles. The van der Waals surface area contributed by atoms with Crippen LogP contribution in [0.1, 0.15) is 31.2 Å². The van der Waals surface area contributed by atoms with Gasteiger partial charge in [-0.05, 0) is 24.8 Å². The summed E-state index contributed by atoms with van der Waals surface area (Å²) in [7, 11) is 0. The number of aromatic nitrogens is 3. The van der Waals surface area contributed by atoms with Crippen molar-refractivity contribution in [2.75, 3.05) is 13.1 Å². The Labute approximate surface area is 147 Å². The minimum absolute atomic E-state index is 0.0245. The van der Waals surface area contributed by atoms with E-state index in [9.17, 15) is 13.2 Å². The lowest BCUT2D eigenvalue weighted by molar-refractivity contribution is -0.137. The van der Waals surface area contributed by atoms with Gasteiger partial charge < -0.3 is 10.6 Å². The number of pyridine rings is 1. The molecule has 0 aromatic carbocycles. The van der Waals surface area contributed by atoms with E-state index in [4.69, 9.17) is 17.3 Å². The minimum Gasteiger partial charge on any atom is -0.370 e. The Morgan fingerprint density at radius 1 is 1.36 bits per heavy atom. The van der Waals surface area contributed by atoms with E-state index < -0.39 is 11.7 Å². The third-order valence-electron chi connectivity index (χ3n) is 4.35. The van der Waals surface area contributed by atoms with Gasteiger partial charge >= 0.3 is 6.18 Å². The fraction of sp³-hybridized carbons (Fsp3) is 0.533. The zero-order valence-corrected chi connectivity index (χ0v) is 14.3. The first kappa shape index (κ1) is 17.8. The smallest absolute Gasteiger partial charge is 0.370 e. The molecule has 0 bridgehead atoms. The first-order chi connectivity index (χ1) is 11.8. The van der Waals surface area contributed by atoms with Crippen molar-refractivity contribution in [1.29, 1.82) is 0 Å². The van der Waals surface area contributed by atoms with E-state index in [0.29, 0.717) is 11.9 Å². The van der Waals surface area contributed by atoms with Gasteiger partial charge in [0, 0.05) is 19.3 Å². The average molecular weight is 375 g/mol. The van der Waals surface area contributed by atoms with Crippen LogP contribution in [0, 0.1) is 5.92 Å². The molecule has 2 N–H and O–H groups in total. The number of hydrogen-bond acceptors (Lipinski definition) is 3. The van der Waals surface area contributed by atoms with E-state index in [1.165, 1.54) is 4.40 Å². The number of aliphatic imine (C=N–C) groups is 1. The van der Waals surface area contributed by atoms with Crippen molar-refractivity contribution in [2.45, 2.75) is 32.5 Å². The predicted molar refractivity (Wildman–Crippen MR) is 88.3 cm³/mol. The summed E-state index contributed by atoms with van der Waals surface area (Å²) in [4.78, 5) is 6.23. The maximum atomic E-state index is 13.0. The van der Waals surface area contributed by atoms with Gasteiger partial charge in [0.2, 0.25) is 0 Å². The Morgan fingerprint density at radius 2 is 2.04 bits per heavy atom. The molecule has 136 valence electrons. The normalized spacial score (nSPS) is 17.5. The van der Waals surface area contributed by atoms with E-state index >= 15 is 0 Å². The van der Waals surface area contributed by atoms with Crippen LogP contribution in [0.25, 0.3) is 5.65 Å². The topological polar surface area (TPSA) is 71.8 Å². The van der Waals surface area contributed by atoms with Crippen molar-refractivity contribution in [3.05, 3.63) is 28.7 Å². The summed E-state index contributed by atoms with van der Waals surface area (Å²) in [5.74, 6) is 1.27. The number of fused-ring (bicyclic) bond motifs is 1. The second-order valence-electron chi connectivity index (χ2n) is 6.23. The monoisotopic (exact) mass is 374 g/mol. The van der Waals surface area contributed by atoms with Crippen LogP contribution in [0.15, 0.2) is 17.3 Å². The van der Waals surface area contributed by atoms with Gasteiger partial charge in [0.15, 0.2) is 17.4 Å². The third kappa shape index (κ3) is 3.81. The summed E-state index contributed by atoms with van der Waals surface area (Å²) in [6.45, 7) is 3.86. The summed E-state index contributed by atoms with van der Waals surface area (Å²) >= 11 is 5.89. The van der Waals surface area contributed by atoms with Crippen LogP contribution >= 0.6 is 11.6 Å². The molecule has 0 aliphatic carbocycles. The van der Waals surface area contributed by atoms with Crippen molar-refractivity contribution >= 4 is 23.2 Å². The van der Waals surface area contributed by atoms with Gasteiger partial charge in [0.05, 0.1) is 10.6 Å². The van der Waals surface area contributed by atoms with Gasteiger partial charge in [-0.1, -0.05) is 18.5 Å². The molecule has 0 radical (unpaired) electrons. The summed E-state index contributed by atoms with van der Waals surface area (Å²) in [6.07, 6.45) is -1.51. The fourth-order valence-corrected chi connectivity index (χ4v) is 3.00. The van der Waals surface area contributed by atoms with Gasteiger partial charge in [-0.25, -0.2) is 4.99 Å². The van der Waals surface area contributed by atoms with Crippen LogP contribution in [0.3, 0.4) is 0 Å². The summed E-state index contributed by atoms with van der Waals surface area (Å²) in [5, 5.41) is 7.60. The molecule has 1 aliphatic rings. The highest BCUT2D eigenvalue weighted by atomic mass is 35.5. The number of nitrogens with two attached hydrogens (primary N) is 1. The maximum Gasteiger partial charge on any atom is 0.417 e. The molecular weight excluding hydrogens is 357 g/mol. The Balaban J connectivity index is 1.84. The Morgan fingerprint density at radius 3 is 2.68 bits per heavy atom. The highest BCUT2D eigenvalue weighted by molar-refractivity contribution is 6.33. The summed E-state index contributed by atoms with van der Waals surface area (Å²) < 4.78 is 40.1. The largest absolute Gasteiger partial charge is 0.417 e. The average Bonchev–Trinajstić information content (AvgIpc) is 2.96. The SMILES string of the molecule is CC1CCN(C(N)=NCc2nnc3c(Cl)cc(C(F)(F)F)cn23)CC1. The molecule has 6 nitrogen and oxygen atoms in total. The van der Waals surface area contributed by atoms with Gasteiger partial charge in [-0.3, -0.25) is 4.40 Å². The van der Waals surface area contributed by atoms with E-state index in [0.717, 1.165) is 38.2 Å². The van der Waals surface area contributed by atoms with E-state index in [1.54, 1.807) is 0 Å². The molecule has 2 aromatic rings. The molecule has 0 saturated carbocycles. The third-order valence-corrected chi connectivity index (χ3v) is 4.63. The van der Waals surface area contributed by atoms with Gasteiger partial charge in [0.1, 0.15) is 6.54 Å². The standard InChI is InChI=1S/C15H18ClF3N6/c1-9-2-4-24(5-3-9)14(20)21-7-12-22-23-13-11(16)6-10(8-25(12)13)15(17,18)19/h6,8-9H,2-5,7H2,1H3,(H2,20,21). The molecule has 10 heteroatoms. The Hall–Kier alpha value is -2.03. The zero-order chi connectivity index (χ0) is 18.2. The van der Waals surface area contributed by atoms with Crippen molar-refractivity contribution < 1.29 is 13.2 Å². The maximum absolute atomic E-state index is 13.0. The molecule has 1 fully saturated rings. The van der Waals surface area contributed by atoms with Gasteiger partial charge in [-0.15, -0.1) is 10.2 Å². The van der Waals surface area contributed by atoms with Crippen LogP contribution < -0.4 is 5.73 Å². The van der Waals surface area contributed by atoms with Gasteiger partial charge in [-0.2, -0.15) is 13.2 Å². The van der Waals surface area contributed by atoms with Crippen LogP contribution in [-0.4, -0.2) is 38.5 Å². The zero-order valence-electron chi connectivity index (χ0n) is 13.6. The number of alkyl halides is 3.